The van der Waals surface area contributed by atoms with Gasteiger partial charge in [0.25, 0.3) is 0 Å². The van der Waals surface area contributed by atoms with Gasteiger partial charge in [-0.05, 0) is 120 Å². The smallest absolute Gasteiger partial charge is 0.394 e. The molecule has 39 atom stereocenters. The average molecular weight is 1410 g/mol. The molecule has 6 heterocycles. The predicted octanol–water partition coefficient (Wildman–Crippen LogP) is -3.58. The summed E-state index contributed by atoms with van der Waals surface area (Å²) in [6, 6.07) is 0. The maximum absolute atomic E-state index is 13.6. The lowest BCUT2D eigenvalue weighted by molar-refractivity contribution is -0.402. The van der Waals surface area contributed by atoms with E-state index in [9.17, 15) is 94.4 Å². The van der Waals surface area contributed by atoms with Crippen LogP contribution in [0.2, 0.25) is 0 Å². The van der Waals surface area contributed by atoms with Crippen molar-refractivity contribution in [1.29, 1.82) is 0 Å². The molecular formula is C63H104O32S. The van der Waals surface area contributed by atoms with Gasteiger partial charge in [-0.3, -0.25) is 9.35 Å². The molecule has 0 aromatic carbocycles. The number of ether oxygens (including phenoxy) is 12. The predicted molar refractivity (Wildman–Crippen MR) is 321 cm³/mol. The molecule has 3 saturated carbocycles. The highest BCUT2D eigenvalue weighted by Crippen LogP contribution is 2.67. The van der Waals surface area contributed by atoms with Gasteiger partial charge >= 0.3 is 10.4 Å². The van der Waals surface area contributed by atoms with Gasteiger partial charge in [0.15, 0.2) is 37.7 Å². The fraction of sp³-hybridized carbons (Fsp3) is 0.952. The first-order valence-corrected chi connectivity index (χ1v) is 35.1. The van der Waals surface area contributed by atoms with Crippen molar-refractivity contribution in [3.05, 3.63) is 11.6 Å². The molecule has 0 spiro atoms. The lowest BCUT2D eigenvalue weighted by Gasteiger charge is -2.60. The summed E-state index contributed by atoms with van der Waals surface area (Å²) >= 11 is 0. The molecule has 6 saturated heterocycles. The van der Waals surface area contributed by atoms with E-state index in [-0.39, 0.29) is 54.6 Å². The number of carbonyl (C=O) groups is 1. The summed E-state index contributed by atoms with van der Waals surface area (Å²) in [5.41, 5.74) is -1.38. The van der Waals surface area contributed by atoms with E-state index in [1.807, 2.05) is 20.8 Å². The van der Waals surface area contributed by atoms with E-state index in [0.29, 0.717) is 32.1 Å². The van der Waals surface area contributed by atoms with Crippen molar-refractivity contribution in [2.75, 3.05) is 13.2 Å². The van der Waals surface area contributed by atoms with Crippen LogP contribution in [0, 0.1) is 46.3 Å². The quantitative estimate of drug-likeness (QED) is 0.0414. The number of hydrogen-bond acceptors (Lipinski definition) is 31. The molecule has 0 aromatic heterocycles. The van der Waals surface area contributed by atoms with Gasteiger partial charge < -0.3 is 133 Å². The average Bonchev–Trinajstić information content (AvgIpc) is 1.38. The van der Waals surface area contributed by atoms with Gasteiger partial charge in [0.1, 0.15) is 122 Å². The minimum absolute atomic E-state index is 0.0171. The molecule has 33 unspecified atom stereocenters. The highest BCUT2D eigenvalue weighted by molar-refractivity contribution is 7.80. The van der Waals surface area contributed by atoms with Crippen LogP contribution < -0.4 is 0 Å². The van der Waals surface area contributed by atoms with Crippen molar-refractivity contribution in [2.45, 2.75) is 317 Å². The Morgan fingerprint density at radius 2 is 1.06 bits per heavy atom. The molecule has 96 heavy (non-hydrogen) atoms. The highest BCUT2D eigenvalue weighted by atomic mass is 32.3. The molecular weight excluding hydrogens is 1300 g/mol. The van der Waals surface area contributed by atoms with E-state index in [2.05, 4.69) is 19.9 Å². The summed E-state index contributed by atoms with van der Waals surface area (Å²) in [5.74, 6) is -1.23. The molecule has 0 bridgehead atoms. The molecule has 16 N–H and O–H groups in total. The number of Topliss-reactive ketones (excluding diaryl/α,β-unsaturated/α-hetero) is 1. The number of hydrogen-bond donors (Lipinski definition) is 16. The lowest BCUT2D eigenvalue weighted by Crippen LogP contribution is -2.67. The molecule has 0 radical (unpaired) electrons. The van der Waals surface area contributed by atoms with Gasteiger partial charge in [0.05, 0.1) is 55.4 Å². The lowest BCUT2D eigenvalue weighted by atomic mass is 9.47. The van der Waals surface area contributed by atoms with Gasteiger partial charge in [-0.25, -0.2) is 4.18 Å². The number of ketones is 1. The fourth-order valence-corrected chi connectivity index (χ4v) is 17.7. The van der Waals surface area contributed by atoms with Gasteiger partial charge in [-0.2, -0.15) is 8.42 Å². The van der Waals surface area contributed by atoms with Crippen molar-refractivity contribution in [2.24, 2.45) is 46.3 Å². The van der Waals surface area contributed by atoms with Crippen molar-refractivity contribution in [3.8, 4) is 0 Å². The van der Waals surface area contributed by atoms with E-state index in [1.165, 1.54) is 27.7 Å². The zero-order valence-electron chi connectivity index (χ0n) is 55.6. The van der Waals surface area contributed by atoms with E-state index in [4.69, 9.17) is 61.0 Å². The van der Waals surface area contributed by atoms with Gasteiger partial charge in [-0.15, -0.1) is 0 Å². The van der Waals surface area contributed by atoms with Crippen LogP contribution in [0.1, 0.15) is 121 Å². The monoisotopic (exact) mass is 1400 g/mol. The second kappa shape index (κ2) is 29.7. The van der Waals surface area contributed by atoms with Crippen LogP contribution in [0.15, 0.2) is 11.6 Å². The molecule has 9 fully saturated rings. The molecule has 554 valence electrons. The summed E-state index contributed by atoms with van der Waals surface area (Å²) in [6.07, 6.45) is -47.3. The van der Waals surface area contributed by atoms with Crippen LogP contribution in [0.3, 0.4) is 0 Å². The molecule has 10 aliphatic rings. The number of rotatable bonds is 20. The van der Waals surface area contributed by atoms with Gasteiger partial charge in [-0.1, -0.05) is 46.3 Å². The first kappa shape index (κ1) is 76.8. The molecule has 32 nitrogen and oxygen atoms in total. The number of carbonyl (C=O) groups excluding carboxylic acids is 1. The third kappa shape index (κ3) is 15.0. The Morgan fingerprint density at radius 1 is 0.573 bits per heavy atom. The Kier molecular flexibility index (Phi) is 23.8. The van der Waals surface area contributed by atoms with Crippen LogP contribution in [0.25, 0.3) is 0 Å². The fourth-order valence-electron chi connectivity index (χ4n) is 17.2. The molecule has 4 aliphatic carbocycles. The largest absolute Gasteiger partial charge is 0.397 e. The topological polar surface area (TPSA) is 495 Å². The molecule has 6 aliphatic heterocycles. The molecule has 0 aromatic rings. The second-order valence-corrected chi connectivity index (χ2v) is 30.9. The van der Waals surface area contributed by atoms with Crippen LogP contribution in [-0.2, 0) is 76.2 Å². The number of aliphatic hydroxyl groups excluding tert-OH is 14. The van der Waals surface area contributed by atoms with Crippen LogP contribution >= 0.6 is 0 Å². The number of fused-ring (bicyclic) bond motifs is 5. The number of allylic oxidation sites excluding steroid dienone is 2. The van der Waals surface area contributed by atoms with Gasteiger partial charge in [0, 0.05) is 12.3 Å². The molecule has 0 amide bonds. The highest BCUT2D eigenvalue weighted by Gasteiger charge is 2.64. The Bertz CT molecular complexity index is 2770. The normalized spacial score (nSPS) is 51.9. The first-order chi connectivity index (χ1) is 44.8. The Labute approximate surface area is 557 Å². The van der Waals surface area contributed by atoms with Gasteiger partial charge in [0.2, 0.25) is 0 Å². The molecule has 33 heteroatoms. The standard InChI is InChI=1S/C63H104O32S/c1-22(2)23(3)33(65)19-63(10,79)37-12-11-30-29-18-34(32-17-28(95-96(80,81)82)13-15-61(32,8)31(29)14-16-62(30,37)9)88-57-49(77)52(41(69)26(6)86-57)92-59-53(93-56-48(76)45(73)39(67)25(5)85-56)43(71)36(21-83-59)90-60-54(46(74)42(70)35(20-64)89-60)94-58-50(78)51(40(68)27(7)87-58)91-55-47(75)44(72)38(66)24(4)84-55/h14,22-30,32,34-60,64,66-79H,11-13,15-21H2,1-10H3,(H,80,81,82)/t23?,24?,25?,26?,27?,28-,29?,30?,32+,34-,35?,36?,37?,38?,39?,40?,41?,42?,43?,44?,45?,46?,47?,48?,49?,50?,51?,52?,53?,54?,55?,56?,57?,58?,59?,60?,61+,62-,63-/m0/s1. The van der Waals surface area contributed by atoms with Crippen molar-refractivity contribution in [3.63, 3.8) is 0 Å². The van der Waals surface area contributed by atoms with Crippen LogP contribution in [-0.4, -0.2) is 305 Å². The third-order valence-corrected chi connectivity index (χ3v) is 23.7. The van der Waals surface area contributed by atoms with E-state index < -0.39 is 236 Å². The third-order valence-electron chi connectivity index (χ3n) is 23.2. The van der Waals surface area contributed by atoms with Crippen molar-refractivity contribution < 1.29 is 155 Å². The summed E-state index contributed by atoms with van der Waals surface area (Å²) in [5, 5.41) is 170. The minimum Gasteiger partial charge on any atom is -0.394 e. The summed E-state index contributed by atoms with van der Waals surface area (Å²) in [4.78, 5) is 13.6. The second-order valence-electron chi connectivity index (χ2n) is 29.8. The summed E-state index contributed by atoms with van der Waals surface area (Å²) < 4.78 is 113. The minimum atomic E-state index is -4.91. The zero-order valence-corrected chi connectivity index (χ0v) is 56.4. The van der Waals surface area contributed by atoms with Crippen molar-refractivity contribution in [1.82, 2.24) is 0 Å². The van der Waals surface area contributed by atoms with E-state index in [1.54, 1.807) is 6.92 Å². The SMILES string of the molecule is CC(C)C(C)C(=O)C[C@](C)(O)C1CCC2C3C[C@H](OC4OC(C)C(O)C(OC5OCC(OC6OC(CO)C(O)C(O)C6OC6OC(C)C(O)C(OC7OC(C)C(O)C(O)C7O)C6O)C(O)C5OC5OC(C)C(O)C(O)C5O)C4O)[C@H]4C[C@@H](OS(=O)(=O)O)CC[C@]4(C)C3=CC[C@@]21C. The van der Waals surface area contributed by atoms with E-state index in [0.717, 1.165) is 5.57 Å². The summed E-state index contributed by atoms with van der Waals surface area (Å²) in [7, 11) is -4.91. The van der Waals surface area contributed by atoms with Crippen LogP contribution in [0.5, 0.6) is 0 Å². The molecule has 10 rings (SSSR count). The van der Waals surface area contributed by atoms with E-state index >= 15 is 0 Å². The maximum atomic E-state index is 13.6. The zero-order chi connectivity index (χ0) is 70.5. The van der Waals surface area contributed by atoms with Crippen LogP contribution in [0.4, 0.5) is 0 Å². The Morgan fingerprint density at radius 3 is 1.59 bits per heavy atom. The Balaban J connectivity index is 0.905. The van der Waals surface area contributed by atoms with Crippen molar-refractivity contribution >= 4 is 16.2 Å². The first-order valence-electron chi connectivity index (χ1n) is 33.7. The number of aliphatic hydroxyl groups is 15. The maximum Gasteiger partial charge on any atom is 0.397 e. The summed E-state index contributed by atoms with van der Waals surface area (Å²) in [6.45, 7) is 15.7. The Hall–Kier alpha value is -1.80.